The lowest BCUT2D eigenvalue weighted by molar-refractivity contribution is -0.137. The van der Waals surface area contributed by atoms with E-state index in [-0.39, 0.29) is 24.6 Å². The van der Waals surface area contributed by atoms with Crippen molar-refractivity contribution in [3.8, 4) is 5.75 Å². The maximum Gasteiger partial charge on any atom is 0.314 e. The highest BCUT2D eigenvalue weighted by molar-refractivity contribution is 5.74. The van der Waals surface area contributed by atoms with Crippen molar-refractivity contribution in [3.05, 3.63) is 29.8 Å². The van der Waals surface area contributed by atoms with Gasteiger partial charge in [-0.15, -0.1) is 0 Å². The molecule has 0 saturated heterocycles. The number of urea groups is 1. The molecule has 6 nitrogen and oxygen atoms in total. The highest BCUT2D eigenvalue weighted by atomic mass is 16.5. The van der Waals surface area contributed by atoms with Gasteiger partial charge in [0, 0.05) is 19.0 Å². The average Bonchev–Trinajstić information content (AvgIpc) is 2.50. The minimum absolute atomic E-state index is 0.0380. The summed E-state index contributed by atoms with van der Waals surface area (Å²) >= 11 is 0. The number of amides is 2. The summed E-state index contributed by atoms with van der Waals surface area (Å²) in [7, 11) is 0. The van der Waals surface area contributed by atoms with Crippen LogP contribution in [0.2, 0.25) is 0 Å². The van der Waals surface area contributed by atoms with Gasteiger partial charge in [-0.2, -0.15) is 0 Å². The molecule has 1 unspecified atom stereocenters. The van der Waals surface area contributed by atoms with Gasteiger partial charge >= 0.3 is 12.0 Å². The number of ether oxygens (including phenoxy) is 1. The summed E-state index contributed by atoms with van der Waals surface area (Å²) in [6.07, 6.45) is 2.35. The first-order valence-electron chi connectivity index (χ1n) is 8.38. The van der Waals surface area contributed by atoms with Crippen LogP contribution in [-0.4, -0.2) is 35.8 Å². The smallest absolute Gasteiger partial charge is 0.314 e. The number of carbonyl (C=O) groups excluding carboxylic acids is 1. The van der Waals surface area contributed by atoms with Gasteiger partial charge in [0.15, 0.2) is 0 Å². The first-order chi connectivity index (χ1) is 11.4. The molecule has 0 aliphatic carbocycles. The molecule has 1 aromatic carbocycles. The third-order valence-corrected chi connectivity index (χ3v) is 3.39. The molecule has 0 saturated carbocycles. The van der Waals surface area contributed by atoms with Crippen LogP contribution in [-0.2, 0) is 11.2 Å². The summed E-state index contributed by atoms with van der Waals surface area (Å²) in [5.41, 5.74) is 1.20. The molecule has 2 amide bonds. The molecule has 1 rings (SSSR count). The Morgan fingerprint density at radius 3 is 2.42 bits per heavy atom. The van der Waals surface area contributed by atoms with Crippen LogP contribution in [0, 0.1) is 0 Å². The van der Waals surface area contributed by atoms with Crippen LogP contribution >= 0.6 is 0 Å². The molecule has 0 aromatic heterocycles. The maximum absolute atomic E-state index is 11.7. The molecular weight excluding hydrogens is 308 g/mol. The number of rotatable bonds is 10. The fourth-order valence-electron chi connectivity index (χ4n) is 2.18. The molecule has 1 aromatic rings. The van der Waals surface area contributed by atoms with Crippen molar-refractivity contribution in [1.29, 1.82) is 0 Å². The maximum atomic E-state index is 11.7. The number of benzene rings is 1. The summed E-state index contributed by atoms with van der Waals surface area (Å²) in [6.45, 7) is 6.30. The highest BCUT2D eigenvalue weighted by Crippen LogP contribution is 2.15. The Bertz CT molecular complexity index is 514. The van der Waals surface area contributed by atoms with Crippen molar-refractivity contribution in [3.63, 3.8) is 0 Å². The molecule has 0 bridgehead atoms. The molecule has 1 atom stereocenters. The molecule has 0 aliphatic rings. The third kappa shape index (κ3) is 9.02. The van der Waals surface area contributed by atoms with Gasteiger partial charge in [-0.05, 0) is 57.7 Å². The number of hydrogen-bond donors (Lipinski definition) is 3. The third-order valence-electron chi connectivity index (χ3n) is 3.39. The molecule has 0 fully saturated rings. The van der Waals surface area contributed by atoms with E-state index < -0.39 is 5.97 Å². The van der Waals surface area contributed by atoms with Crippen molar-refractivity contribution < 1.29 is 19.4 Å². The second-order valence-corrected chi connectivity index (χ2v) is 6.15. The highest BCUT2D eigenvalue weighted by Gasteiger charge is 2.07. The van der Waals surface area contributed by atoms with E-state index in [9.17, 15) is 9.59 Å². The lowest BCUT2D eigenvalue weighted by Crippen LogP contribution is -2.41. The van der Waals surface area contributed by atoms with Gasteiger partial charge in [0.2, 0.25) is 0 Å². The fourth-order valence-corrected chi connectivity index (χ4v) is 2.18. The molecule has 6 heteroatoms. The van der Waals surface area contributed by atoms with Crippen LogP contribution < -0.4 is 15.4 Å². The number of carboxylic acid groups (broad SMARTS) is 1. The van der Waals surface area contributed by atoms with Crippen LogP contribution in [0.4, 0.5) is 4.79 Å². The standard InChI is InChI=1S/C18H28N2O4/c1-13(2)24-16-10-8-15(9-11-16)7-6-14(3)20-18(23)19-12-4-5-17(21)22/h8-11,13-14H,4-7,12H2,1-3H3,(H,21,22)(H2,19,20,23). The van der Waals surface area contributed by atoms with E-state index >= 15 is 0 Å². The van der Waals surface area contributed by atoms with Crippen molar-refractivity contribution in [1.82, 2.24) is 10.6 Å². The number of nitrogens with one attached hydrogen (secondary N) is 2. The summed E-state index contributed by atoms with van der Waals surface area (Å²) in [5.74, 6) is 0.0102. The number of carbonyl (C=O) groups is 2. The Morgan fingerprint density at radius 1 is 1.17 bits per heavy atom. The second kappa shape index (κ2) is 10.5. The molecule has 3 N–H and O–H groups in total. The van der Waals surface area contributed by atoms with Gasteiger partial charge in [-0.3, -0.25) is 4.79 Å². The van der Waals surface area contributed by atoms with Crippen LogP contribution in [0.3, 0.4) is 0 Å². The summed E-state index contributed by atoms with van der Waals surface area (Å²) in [5, 5.41) is 14.0. The van der Waals surface area contributed by atoms with E-state index in [4.69, 9.17) is 9.84 Å². The normalized spacial score (nSPS) is 11.8. The van der Waals surface area contributed by atoms with Gasteiger partial charge in [0.25, 0.3) is 0 Å². The van der Waals surface area contributed by atoms with E-state index in [0.717, 1.165) is 18.6 Å². The molecule has 134 valence electrons. The minimum atomic E-state index is -0.851. The summed E-state index contributed by atoms with van der Waals surface area (Å²) in [4.78, 5) is 22.0. The van der Waals surface area contributed by atoms with Gasteiger partial charge in [-0.1, -0.05) is 12.1 Å². The Balaban J connectivity index is 2.24. The molecular formula is C18H28N2O4. The number of aliphatic carboxylic acids is 1. The predicted molar refractivity (Wildman–Crippen MR) is 93.4 cm³/mol. The summed E-state index contributed by atoms with van der Waals surface area (Å²) in [6, 6.07) is 7.78. The zero-order chi connectivity index (χ0) is 17.9. The van der Waals surface area contributed by atoms with E-state index in [1.54, 1.807) is 0 Å². The van der Waals surface area contributed by atoms with Crippen LogP contribution in [0.5, 0.6) is 5.75 Å². The zero-order valence-electron chi connectivity index (χ0n) is 14.7. The van der Waals surface area contributed by atoms with E-state index in [2.05, 4.69) is 10.6 Å². The van der Waals surface area contributed by atoms with Crippen LogP contribution in [0.1, 0.15) is 45.6 Å². The molecule has 24 heavy (non-hydrogen) atoms. The first-order valence-corrected chi connectivity index (χ1v) is 8.38. The van der Waals surface area contributed by atoms with Crippen molar-refractivity contribution in [2.24, 2.45) is 0 Å². The number of carboxylic acids is 1. The van der Waals surface area contributed by atoms with Crippen molar-refractivity contribution >= 4 is 12.0 Å². The molecule has 0 radical (unpaired) electrons. The van der Waals surface area contributed by atoms with Gasteiger partial charge in [-0.25, -0.2) is 4.79 Å². The minimum Gasteiger partial charge on any atom is -0.491 e. The zero-order valence-corrected chi connectivity index (χ0v) is 14.7. The largest absolute Gasteiger partial charge is 0.491 e. The quantitative estimate of drug-likeness (QED) is 0.573. The second-order valence-electron chi connectivity index (χ2n) is 6.15. The Labute approximate surface area is 143 Å². The van der Waals surface area contributed by atoms with Crippen LogP contribution in [0.25, 0.3) is 0 Å². The van der Waals surface area contributed by atoms with Gasteiger partial charge in [0.05, 0.1) is 6.10 Å². The Hall–Kier alpha value is -2.24. The first kappa shape index (κ1) is 19.8. The number of aryl methyl sites for hydroxylation is 1. The average molecular weight is 336 g/mol. The molecule has 0 heterocycles. The van der Waals surface area contributed by atoms with Gasteiger partial charge < -0.3 is 20.5 Å². The van der Waals surface area contributed by atoms with E-state index in [0.29, 0.717) is 13.0 Å². The summed E-state index contributed by atoms with van der Waals surface area (Å²) < 4.78 is 5.61. The van der Waals surface area contributed by atoms with E-state index in [1.807, 2.05) is 45.0 Å². The van der Waals surface area contributed by atoms with Crippen molar-refractivity contribution in [2.45, 2.75) is 58.6 Å². The molecule has 0 aliphatic heterocycles. The fraction of sp³-hybridized carbons (Fsp3) is 0.556. The Morgan fingerprint density at radius 2 is 1.83 bits per heavy atom. The predicted octanol–water partition coefficient (Wildman–Crippen LogP) is 2.96. The molecule has 0 spiro atoms. The van der Waals surface area contributed by atoms with Crippen molar-refractivity contribution in [2.75, 3.05) is 6.54 Å². The topological polar surface area (TPSA) is 87.7 Å². The monoisotopic (exact) mass is 336 g/mol. The van der Waals surface area contributed by atoms with Gasteiger partial charge in [0.1, 0.15) is 5.75 Å². The van der Waals surface area contributed by atoms with Crippen LogP contribution in [0.15, 0.2) is 24.3 Å². The lowest BCUT2D eigenvalue weighted by Gasteiger charge is -2.15. The lowest BCUT2D eigenvalue weighted by atomic mass is 10.1. The Kier molecular flexibility index (Phi) is 8.68. The number of hydrogen-bond acceptors (Lipinski definition) is 3. The SMILES string of the molecule is CC(CCc1ccc(OC(C)C)cc1)NC(=O)NCCCC(=O)O. The van der Waals surface area contributed by atoms with E-state index in [1.165, 1.54) is 5.56 Å².